The van der Waals surface area contributed by atoms with Gasteiger partial charge in [0.1, 0.15) is 12.2 Å². The zero-order valence-electron chi connectivity index (χ0n) is 19.2. The molecule has 0 saturated carbocycles. The van der Waals surface area contributed by atoms with Crippen molar-refractivity contribution in [3.63, 3.8) is 0 Å². The molecule has 0 aliphatic heterocycles. The number of non-ortho nitro benzene ring substituents is 1. The van der Waals surface area contributed by atoms with Crippen molar-refractivity contribution in [3.05, 3.63) is 95.2 Å². The highest BCUT2D eigenvalue weighted by Gasteiger charge is 2.16. The van der Waals surface area contributed by atoms with Gasteiger partial charge in [0, 0.05) is 33.1 Å². The summed E-state index contributed by atoms with van der Waals surface area (Å²) in [7, 11) is 0. The molecule has 37 heavy (non-hydrogen) atoms. The molecule has 4 rings (SSSR count). The average Bonchev–Trinajstić information content (AvgIpc) is 3.28. The van der Waals surface area contributed by atoms with Gasteiger partial charge >= 0.3 is 5.91 Å². The minimum atomic E-state index is -0.602. The summed E-state index contributed by atoms with van der Waals surface area (Å²) < 4.78 is 18.0. The van der Waals surface area contributed by atoms with Crippen LogP contribution in [0.4, 0.5) is 5.69 Å². The van der Waals surface area contributed by atoms with E-state index >= 15 is 0 Å². The van der Waals surface area contributed by atoms with Crippen LogP contribution in [-0.4, -0.2) is 23.7 Å². The Balaban J connectivity index is 1.47. The molecule has 0 bridgehead atoms. The molecule has 9 nitrogen and oxygen atoms in total. The van der Waals surface area contributed by atoms with Crippen LogP contribution in [0, 0.1) is 13.7 Å². The largest absolute Gasteiger partial charge is 0.490 e. The summed E-state index contributed by atoms with van der Waals surface area (Å²) in [5.41, 5.74) is 4.08. The fourth-order valence-corrected chi connectivity index (χ4v) is 4.58. The maximum Gasteiger partial charge on any atom is 0.307 e. The first kappa shape index (κ1) is 26.7. The summed E-state index contributed by atoms with van der Waals surface area (Å²) in [6.07, 6.45) is 1.45. The van der Waals surface area contributed by atoms with E-state index in [1.165, 1.54) is 30.5 Å². The van der Waals surface area contributed by atoms with Crippen molar-refractivity contribution in [3.8, 4) is 11.5 Å². The van der Waals surface area contributed by atoms with Gasteiger partial charge in [-0.3, -0.25) is 14.9 Å². The van der Waals surface area contributed by atoms with Crippen LogP contribution in [0.25, 0.3) is 11.0 Å². The summed E-state index contributed by atoms with van der Waals surface area (Å²) in [6, 6.07) is 14.2. The average molecular weight is 654 g/mol. The number of rotatable bonds is 9. The van der Waals surface area contributed by atoms with Crippen molar-refractivity contribution in [1.29, 1.82) is 0 Å². The second-order valence-electron chi connectivity index (χ2n) is 7.58. The molecule has 0 saturated heterocycles. The van der Waals surface area contributed by atoms with E-state index in [0.29, 0.717) is 44.7 Å². The van der Waals surface area contributed by atoms with Crippen molar-refractivity contribution >= 4 is 74.6 Å². The minimum absolute atomic E-state index is 0.0261. The van der Waals surface area contributed by atoms with Gasteiger partial charge in [0.05, 0.1) is 21.3 Å². The normalized spacial score (nSPS) is 11.1. The van der Waals surface area contributed by atoms with E-state index < -0.39 is 10.8 Å². The maximum atomic E-state index is 12.5. The maximum absolute atomic E-state index is 12.5. The Hall–Kier alpha value is -3.35. The summed E-state index contributed by atoms with van der Waals surface area (Å²) >= 11 is 14.3. The van der Waals surface area contributed by atoms with E-state index in [1.54, 1.807) is 24.3 Å². The quantitative estimate of drug-likeness (QED) is 0.0900. The predicted molar refractivity (Wildman–Crippen MR) is 149 cm³/mol. The first-order valence-corrected chi connectivity index (χ1v) is 12.6. The number of hydrogen-bond acceptors (Lipinski definition) is 7. The van der Waals surface area contributed by atoms with Crippen LogP contribution in [0.3, 0.4) is 0 Å². The Morgan fingerprint density at radius 1 is 1.16 bits per heavy atom. The Kier molecular flexibility index (Phi) is 8.52. The van der Waals surface area contributed by atoms with E-state index in [0.717, 1.165) is 9.13 Å². The number of ether oxygens (including phenoxy) is 2. The molecule has 0 aliphatic rings. The third-order valence-corrected chi connectivity index (χ3v) is 6.42. The van der Waals surface area contributed by atoms with Gasteiger partial charge in [-0.2, -0.15) is 5.10 Å². The summed E-state index contributed by atoms with van der Waals surface area (Å²) in [6.45, 7) is 2.49. The van der Waals surface area contributed by atoms with E-state index in [2.05, 4.69) is 33.1 Å². The van der Waals surface area contributed by atoms with Crippen LogP contribution in [-0.2, 0) is 6.61 Å². The molecule has 1 heterocycles. The van der Waals surface area contributed by atoms with Gasteiger partial charge in [0.15, 0.2) is 17.3 Å². The van der Waals surface area contributed by atoms with Gasteiger partial charge in [-0.05, 0) is 71.5 Å². The molecular formula is C25H18Cl2IN3O6. The lowest BCUT2D eigenvalue weighted by Gasteiger charge is -2.15. The molecule has 3 aromatic carbocycles. The minimum Gasteiger partial charge on any atom is -0.490 e. The molecule has 0 aliphatic carbocycles. The van der Waals surface area contributed by atoms with Crippen LogP contribution in [0.5, 0.6) is 11.5 Å². The molecule has 12 heteroatoms. The van der Waals surface area contributed by atoms with Crippen molar-refractivity contribution in [2.24, 2.45) is 5.10 Å². The fourth-order valence-electron chi connectivity index (χ4n) is 3.33. The van der Waals surface area contributed by atoms with E-state index in [4.69, 9.17) is 37.1 Å². The number of halogens is 3. The van der Waals surface area contributed by atoms with E-state index in [9.17, 15) is 14.9 Å². The van der Waals surface area contributed by atoms with Crippen LogP contribution in [0.2, 0.25) is 10.0 Å². The third-order valence-electron chi connectivity index (χ3n) is 5.03. The van der Waals surface area contributed by atoms with Crippen LogP contribution >= 0.6 is 45.8 Å². The van der Waals surface area contributed by atoms with Crippen molar-refractivity contribution in [1.82, 2.24) is 5.43 Å². The number of hydrazone groups is 1. The van der Waals surface area contributed by atoms with Crippen LogP contribution in [0.1, 0.15) is 28.6 Å². The highest BCUT2D eigenvalue weighted by atomic mass is 127. The smallest absolute Gasteiger partial charge is 0.307 e. The van der Waals surface area contributed by atoms with Crippen molar-refractivity contribution in [2.75, 3.05) is 6.61 Å². The van der Waals surface area contributed by atoms with Crippen molar-refractivity contribution < 1.29 is 23.6 Å². The number of amides is 1. The van der Waals surface area contributed by atoms with Gasteiger partial charge in [-0.1, -0.05) is 29.3 Å². The summed E-state index contributed by atoms with van der Waals surface area (Å²) in [5, 5.41) is 16.4. The molecule has 0 spiro atoms. The monoisotopic (exact) mass is 653 g/mol. The number of carbonyl (C=O) groups is 1. The highest BCUT2D eigenvalue weighted by molar-refractivity contribution is 14.1. The Morgan fingerprint density at radius 2 is 1.97 bits per heavy atom. The van der Waals surface area contributed by atoms with Crippen molar-refractivity contribution in [2.45, 2.75) is 13.5 Å². The zero-order valence-corrected chi connectivity index (χ0v) is 22.8. The molecule has 4 aromatic rings. The molecule has 0 atom stereocenters. The van der Waals surface area contributed by atoms with E-state index in [-0.39, 0.29) is 18.1 Å². The number of carbonyl (C=O) groups excluding carboxylic acids is 1. The number of nitro groups is 1. The Bertz CT molecular complexity index is 1520. The second kappa shape index (κ2) is 11.8. The second-order valence-corrected chi connectivity index (χ2v) is 9.58. The Morgan fingerprint density at radius 3 is 2.70 bits per heavy atom. The molecule has 1 amide bonds. The molecular weight excluding hydrogens is 636 g/mol. The number of nitrogens with zero attached hydrogens (tertiary/aromatic N) is 2. The summed E-state index contributed by atoms with van der Waals surface area (Å²) in [5.74, 6) is 0.425. The SMILES string of the molecule is CCOc1cc(/C=N/NC(=O)c2cc3cc([N+](=O)[O-])ccc3o2)cc(I)c1OCc1ccc(Cl)cc1Cl. The van der Waals surface area contributed by atoms with E-state index in [1.807, 2.05) is 13.0 Å². The summed E-state index contributed by atoms with van der Waals surface area (Å²) in [4.78, 5) is 22.9. The lowest BCUT2D eigenvalue weighted by molar-refractivity contribution is -0.384. The van der Waals surface area contributed by atoms with Gasteiger partial charge in [-0.15, -0.1) is 0 Å². The Labute approximate surface area is 234 Å². The zero-order chi connectivity index (χ0) is 26.5. The standard InChI is InChI=1S/C25H18Cl2IN3O6/c1-2-35-22-8-14(7-20(28)24(22)36-13-15-3-4-17(26)11-19(15)27)12-29-30-25(32)23-10-16-9-18(31(33)34)5-6-21(16)37-23/h3-12H,2,13H2,1H3,(H,30,32)/b29-12+. The van der Waals surface area contributed by atoms with Crippen LogP contribution < -0.4 is 14.9 Å². The molecule has 1 aromatic heterocycles. The number of benzene rings is 3. The lowest BCUT2D eigenvalue weighted by atomic mass is 10.2. The third kappa shape index (κ3) is 6.51. The van der Waals surface area contributed by atoms with Crippen LogP contribution in [0.15, 0.2) is 64.1 Å². The fraction of sp³-hybridized carbons (Fsp3) is 0.120. The molecule has 190 valence electrons. The van der Waals surface area contributed by atoms with Gasteiger partial charge in [0.25, 0.3) is 5.69 Å². The van der Waals surface area contributed by atoms with Gasteiger partial charge in [-0.25, -0.2) is 5.43 Å². The number of hydrogen-bond donors (Lipinski definition) is 1. The number of furan rings is 1. The molecule has 0 radical (unpaired) electrons. The molecule has 1 N–H and O–H groups in total. The number of fused-ring (bicyclic) bond motifs is 1. The molecule has 0 unspecified atom stereocenters. The number of nitro benzene ring substituents is 1. The van der Waals surface area contributed by atoms with Gasteiger partial charge in [0.2, 0.25) is 0 Å². The first-order chi connectivity index (χ1) is 17.7. The highest BCUT2D eigenvalue weighted by Crippen LogP contribution is 2.35. The molecule has 0 fully saturated rings. The predicted octanol–water partition coefficient (Wildman–Crippen LogP) is 6.99. The topological polar surface area (TPSA) is 116 Å². The first-order valence-electron chi connectivity index (χ1n) is 10.8. The number of nitrogens with one attached hydrogen (secondary N) is 1. The van der Waals surface area contributed by atoms with Gasteiger partial charge < -0.3 is 13.9 Å². The lowest BCUT2D eigenvalue weighted by Crippen LogP contribution is -2.16.